The molecule has 0 aromatic carbocycles. The number of rotatable bonds is 8. The topological polar surface area (TPSA) is 93.6 Å². The molecule has 2 N–H and O–H groups in total. The van der Waals surface area contributed by atoms with Crippen molar-refractivity contribution >= 4 is 11.8 Å². The first-order valence-corrected chi connectivity index (χ1v) is 6.04. The van der Waals surface area contributed by atoms with Crippen LogP contribution in [-0.4, -0.2) is 54.5 Å². The van der Waals surface area contributed by atoms with Gasteiger partial charge in [0.2, 0.25) is 5.82 Å². The summed E-state index contributed by atoms with van der Waals surface area (Å²) in [6.07, 6.45) is 0.774. The Morgan fingerprint density at radius 1 is 1.42 bits per heavy atom. The van der Waals surface area contributed by atoms with E-state index in [9.17, 15) is 4.79 Å². The van der Waals surface area contributed by atoms with Crippen molar-refractivity contribution in [1.82, 2.24) is 9.97 Å². The van der Waals surface area contributed by atoms with Gasteiger partial charge in [0.1, 0.15) is 5.82 Å². The second-order valence-corrected chi connectivity index (χ2v) is 3.83. The molecule has 1 aromatic rings. The molecule has 106 valence electrons. The van der Waals surface area contributed by atoms with E-state index in [1.807, 2.05) is 0 Å². The Kier molecular flexibility index (Phi) is 6.76. The van der Waals surface area contributed by atoms with Gasteiger partial charge in [0.15, 0.2) is 0 Å². The van der Waals surface area contributed by atoms with Gasteiger partial charge in [0.05, 0.1) is 20.3 Å². The SMILES string of the molecule is COC(=O)c1nc(C)cc(NCCCOCCO)n1. The molecule has 0 aliphatic rings. The van der Waals surface area contributed by atoms with Crippen LogP contribution in [0.2, 0.25) is 0 Å². The highest BCUT2D eigenvalue weighted by atomic mass is 16.5. The molecule has 0 radical (unpaired) electrons. The third kappa shape index (κ3) is 5.62. The fraction of sp³-hybridized carbons (Fsp3) is 0.583. The predicted octanol–water partition coefficient (Wildman–Crippen LogP) is 0.383. The lowest BCUT2D eigenvalue weighted by atomic mass is 10.4. The highest BCUT2D eigenvalue weighted by molar-refractivity contribution is 5.85. The number of nitrogens with zero attached hydrogens (tertiary/aromatic N) is 2. The third-order valence-electron chi connectivity index (χ3n) is 2.23. The summed E-state index contributed by atoms with van der Waals surface area (Å²) in [7, 11) is 1.29. The Morgan fingerprint density at radius 3 is 2.89 bits per heavy atom. The number of hydrogen-bond acceptors (Lipinski definition) is 7. The summed E-state index contributed by atoms with van der Waals surface area (Å²) in [4.78, 5) is 19.4. The minimum atomic E-state index is -0.557. The Hall–Kier alpha value is -1.73. The number of methoxy groups -OCH3 is 1. The van der Waals surface area contributed by atoms with E-state index in [0.29, 0.717) is 31.3 Å². The first-order chi connectivity index (χ1) is 9.17. The molecule has 1 aromatic heterocycles. The molecule has 1 heterocycles. The van der Waals surface area contributed by atoms with E-state index in [1.54, 1.807) is 13.0 Å². The summed E-state index contributed by atoms with van der Waals surface area (Å²) in [5.74, 6) is 0.0645. The van der Waals surface area contributed by atoms with Gasteiger partial charge in [-0.15, -0.1) is 0 Å². The lowest BCUT2D eigenvalue weighted by Crippen LogP contribution is -2.13. The fourth-order valence-corrected chi connectivity index (χ4v) is 1.40. The second kappa shape index (κ2) is 8.39. The molecular weight excluding hydrogens is 250 g/mol. The average molecular weight is 269 g/mol. The minimum absolute atomic E-state index is 0.0288. The maximum absolute atomic E-state index is 11.3. The van der Waals surface area contributed by atoms with Crippen LogP contribution in [0.1, 0.15) is 22.7 Å². The molecule has 0 saturated heterocycles. The van der Waals surface area contributed by atoms with Crippen LogP contribution >= 0.6 is 0 Å². The van der Waals surface area contributed by atoms with Gasteiger partial charge in [0, 0.05) is 24.9 Å². The van der Waals surface area contributed by atoms with Crippen molar-refractivity contribution in [2.24, 2.45) is 0 Å². The van der Waals surface area contributed by atoms with Crippen molar-refractivity contribution in [1.29, 1.82) is 0 Å². The average Bonchev–Trinajstić information content (AvgIpc) is 2.41. The van der Waals surface area contributed by atoms with Crippen molar-refractivity contribution in [3.63, 3.8) is 0 Å². The van der Waals surface area contributed by atoms with Gasteiger partial charge in [-0.2, -0.15) is 0 Å². The summed E-state index contributed by atoms with van der Waals surface area (Å²) in [6.45, 7) is 3.37. The van der Waals surface area contributed by atoms with Crippen molar-refractivity contribution in [2.75, 3.05) is 38.8 Å². The van der Waals surface area contributed by atoms with E-state index >= 15 is 0 Å². The summed E-state index contributed by atoms with van der Waals surface area (Å²) in [5.41, 5.74) is 0.689. The molecule has 0 aliphatic carbocycles. The zero-order valence-electron chi connectivity index (χ0n) is 11.2. The second-order valence-electron chi connectivity index (χ2n) is 3.83. The smallest absolute Gasteiger partial charge is 0.376 e. The number of hydrogen-bond donors (Lipinski definition) is 2. The van der Waals surface area contributed by atoms with Gasteiger partial charge in [-0.25, -0.2) is 14.8 Å². The molecule has 0 fully saturated rings. The van der Waals surface area contributed by atoms with E-state index in [0.717, 1.165) is 6.42 Å². The molecule has 0 spiro atoms. The van der Waals surface area contributed by atoms with Crippen molar-refractivity contribution in [2.45, 2.75) is 13.3 Å². The summed E-state index contributed by atoms with van der Waals surface area (Å²) in [6, 6.07) is 1.75. The normalized spacial score (nSPS) is 10.3. The summed E-state index contributed by atoms with van der Waals surface area (Å²) < 4.78 is 9.71. The van der Waals surface area contributed by atoms with Crippen molar-refractivity contribution < 1.29 is 19.4 Å². The lowest BCUT2D eigenvalue weighted by Gasteiger charge is -2.08. The number of anilines is 1. The maximum Gasteiger partial charge on any atom is 0.376 e. The molecule has 0 bridgehead atoms. The van der Waals surface area contributed by atoms with Crippen LogP contribution in [0.3, 0.4) is 0 Å². The van der Waals surface area contributed by atoms with Crippen LogP contribution in [0.25, 0.3) is 0 Å². The number of carbonyl (C=O) groups excluding carboxylic acids is 1. The first kappa shape index (κ1) is 15.3. The first-order valence-electron chi connectivity index (χ1n) is 6.04. The number of carbonyl (C=O) groups is 1. The zero-order chi connectivity index (χ0) is 14.1. The number of ether oxygens (including phenoxy) is 2. The van der Waals surface area contributed by atoms with Crippen LogP contribution in [-0.2, 0) is 9.47 Å². The summed E-state index contributed by atoms with van der Waals surface area (Å²) in [5, 5.41) is 11.6. The molecule has 19 heavy (non-hydrogen) atoms. The molecule has 0 saturated carbocycles. The van der Waals surface area contributed by atoms with Crippen LogP contribution < -0.4 is 5.32 Å². The predicted molar refractivity (Wildman–Crippen MR) is 69.1 cm³/mol. The summed E-state index contributed by atoms with van der Waals surface area (Å²) >= 11 is 0. The number of aliphatic hydroxyl groups is 1. The van der Waals surface area contributed by atoms with Crippen LogP contribution in [0.5, 0.6) is 0 Å². The molecule has 0 atom stereocenters. The molecule has 0 aliphatic heterocycles. The standard InChI is InChI=1S/C12H19N3O4/c1-9-8-10(13-4-3-6-19-7-5-16)15-11(14-9)12(17)18-2/h8,16H,3-7H2,1-2H3,(H,13,14,15). The quantitative estimate of drug-likeness (QED) is 0.520. The van der Waals surface area contributed by atoms with Crippen LogP contribution in [0.4, 0.5) is 5.82 Å². The third-order valence-corrected chi connectivity index (χ3v) is 2.23. The van der Waals surface area contributed by atoms with Gasteiger partial charge in [-0.1, -0.05) is 0 Å². The molecule has 0 unspecified atom stereocenters. The molecular formula is C12H19N3O4. The van der Waals surface area contributed by atoms with Gasteiger partial charge < -0.3 is 19.9 Å². The molecule has 1 rings (SSSR count). The Labute approximate surface area is 112 Å². The molecule has 7 nitrogen and oxygen atoms in total. The molecule has 0 amide bonds. The van der Waals surface area contributed by atoms with Crippen LogP contribution in [0.15, 0.2) is 6.07 Å². The van der Waals surface area contributed by atoms with Gasteiger partial charge in [-0.05, 0) is 13.3 Å². The van der Waals surface area contributed by atoms with Gasteiger partial charge >= 0.3 is 5.97 Å². The van der Waals surface area contributed by atoms with E-state index in [-0.39, 0.29) is 12.4 Å². The highest BCUT2D eigenvalue weighted by Crippen LogP contribution is 2.07. The van der Waals surface area contributed by atoms with Crippen LogP contribution in [0, 0.1) is 6.92 Å². The number of aryl methyl sites for hydroxylation is 1. The monoisotopic (exact) mass is 269 g/mol. The minimum Gasteiger partial charge on any atom is -0.463 e. The number of aliphatic hydroxyl groups excluding tert-OH is 1. The highest BCUT2D eigenvalue weighted by Gasteiger charge is 2.10. The van der Waals surface area contributed by atoms with E-state index < -0.39 is 5.97 Å². The van der Waals surface area contributed by atoms with Gasteiger partial charge in [-0.3, -0.25) is 0 Å². The largest absolute Gasteiger partial charge is 0.463 e. The van der Waals surface area contributed by atoms with E-state index in [2.05, 4.69) is 20.0 Å². The number of esters is 1. The van der Waals surface area contributed by atoms with Crippen molar-refractivity contribution in [3.8, 4) is 0 Å². The maximum atomic E-state index is 11.3. The Balaban J connectivity index is 2.45. The fourth-order valence-electron chi connectivity index (χ4n) is 1.40. The number of aromatic nitrogens is 2. The van der Waals surface area contributed by atoms with E-state index in [4.69, 9.17) is 9.84 Å². The number of nitrogens with one attached hydrogen (secondary N) is 1. The Bertz CT molecular complexity index is 412. The van der Waals surface area contributed by atoms with Crippen molar-refractivity contribution in [3.05, 3.63) is 17.6 Å². The lowest BCUT2D eigenvalue weighted by molar-refractivity contribution is 0.0586. The zero-order valence-corrected chi connectivity index (χ0v) is 11.2. The van der Waals surface area contributed by atoms with E-state index in [1.165, 1.54) is 7.11 Å². The molecule has 7 heteroatoms. The van der Waals surface area contributed by atoms with Gasteiger partial charge in [0.25, 0.3) is 0 Å². The Morgan fingerprint density at radius 2 is 2.21 bits per heavy atom.